The van der Waals surface area contributed by atoms with E-state index in [2.05, 4.69) is 52.0 Å². The van der Waals surface area contributed by atoms with Crippen molar-refractivity contribution in [3.8, 4) is 0 Å². The second-order valence-electron chi connectivity index (χ2n) is 5.53. The Labute approximate surface area is 128 Å². The molecule has 0 unspecified atom stereocenters. The Bertz CT molecular complexity index is 611. The van der Waals surface area contributed by atoms with Gasteiger partial charge in [-0.15, -0.1) is 5.10 Å². The average molecular weight is 301 g/mol. The van der Waals surface area contributed by atoms with Gasteiger partial charge in [-0.05, 0) is 35.8 Å². The number of ether oxygens (including phenoxy) is 1. The number of carbonyl (C=O) groups is 1. The maximum atomic E-state index is 12.1. The number of rotatable bonds is 4. The summed E-state index contributed by atoms with van der Waals surface area (Å²) in [6.07, 6.45) is 3.17. The normalized spacial score (nSPS) is 21.5. The highest BCUT2D eigenvalue weighted by molar-refractivity contribution is 5.76. The van der Waals surface area contributed by atoms with Crippen LogP contribution in [0.3, 0.4) is 0 Å². The predicted molar refractivity (Wildman–Crippen MR) is 78.9 cm³/mol. The van der Waals surface area contributed by atoms with Gasteiger partial charge >= 0.3 is 0 Å². The number of carbonyl (C=O) groups excluding carboxylic acids is 1. The minimum Gasteiger partial charge on any atom is -0.371 e. The van der Waals surface area contributed by atoms with E-state index in [0.717, 1.165) is 25.0 Å². The van der Waals surface area contributed by atoms with Gasteiger partial charge in [-0.1, -0.05) is 29.8 Å². The maximum absolute atomic E-state index is 12.1. The van der Waals surface area contributed by atoms with Crippen LogP contribution in [0.5, 0.6) is 0 Å². The molecule has 1 saturated heterocycles. The summed E-state index contributed by atoms with van der Waals surface area (Å²) in [5.74, 6) is -0.111. The smallest absolute Gasteiger partial charge is 0.242 e. The molecule has 0 spiro atoms. The first-order chi connectivity index (χ1) is 10.7. The molecule has 1 fully saturated rings. The van der Waals surface area contributed by atoms with Crippen LogP contribution in [0.25, 0.3) is 0 Å². The number of benzene rings is 1. The number of nitrogens with zero attached hydrogens (tertiary/aromatic N) is 4. The molecule has 116 valence electrons. The van der Waals surface area contributed by atoms with Gasteiger partial charge in [0.25, 0.3) is 0 Å². The van der Waals surface area contributed by atoms with E-state index in [1.54, 1.807) is 0 Å². The van der Waals surface area contributed by atoms with Gasteiger partial charge in [0.2, 0.25) is 5.91 Å². The number of nitrogens with one attached hydrogen (secondary N) is 1. The number of amides is 1. The Morgan fingerprint density at radius 2 is 2.23 bits per heavy atom. The lowest BCUT2D eigenvalue weighted by molar-refractivity contribution is -0.125. The molecule has 0 aliphatic carbocycles. The first kappa shape index (κ1) is 14.6. The van der Waals surface area contributed by atoms with E-state index in [4.69, 9.17) is 4.74 Å². The van der Waals surface area contributed by atoms with Crippen molar-refractivity contribution < 1.29 is 9.53 Å². The predicted octanol–water partition coefficient (Wildman–Crippen LogP) is 1.02. The quantitative estimate of drug-likeness (QED) is 0.911. The molecule has 0 bridgehead atoms. The molecule has 1 N–H and O–H groups in total. The Balaban J connectivity index is 1.67. The van der Waals surface area contributed by atoms with Gasteiger partial charge in [0, 0.05) is 6.61 Å². The van der Waals surface area contributed by atoms with Gasteiger partial charge < -0.3 is 10.1 Å². The summed E-state index contributed by atoms with van der Waals surface area (Å²) in [5, 5.41) is 13.8. The molecule has 2 atom stereocenters. The van der Waals surface area contributed by atoms with Crippen LogP contribution in [0.4, 0.5) is 0 Å². The van der Waals surface area contributed by atoms with Gasteiger partial charge in [0.15, 0.2) is 0 Å². The van der Waals surface area contributed by atoms with E-state index in [1.165, 1.54) is 16.6 Å². The molecule has 1 amide bonds. The zero-order valence-electron chi connectivity index (χ0n) is 12.5. The third-order valence-corrected chi connectivity index (χ3v) is 3.77. The molecule has 0 saturated carbocycles. The van der Waals surface area contributed by atoms with E-state index < -0.39 is 0 Å². The average Bonchev–Trinajstić information content (AvgIpc) is 3.01. The maximum Gasteiger partial charge on any atom is 0.242 e. The lowest BCUT2D eigenvalue weighted by Crippen LogP contribution is -2.44. The molecule has 3 rings (SSSR count). The number of aromatic nitrogens is 4. The highest BCUT2D eigenvalue weighted by atomic mass is 16.5. The molecule has 0 radical (unpaired) electrons. The Morgan fingerprint density at radius 3 is 2.95 bits per heavy atom. The topological polar surface area (TPSA) is 81.9 Å². The van der Waals surface area contributed by atoms with E-state index in [1.807, 2.05) is 0 Å². The fraction of sp³-hybridized carbons (Fsp3) is 0.467. The number of tetrazole rings is 1. The van der Waals surface area contributed by atoms with E-state index in [-0.39, 0.29) is 24.6 Å². The monoisotopic (exact) mass is 301 g/mol. The molecule has 1 aliphatic rings. The van der Waals surface area contributed by atoms with Crippen molar-refractivity contribution in [1.29, 1.82) is 0 Å². The van der Waals surface area contributed by atoms with E-state index >= 15 is 0 Å². The molecule has 7 nitrogen and oxygen atoms in total. The molecule has 1 aromatic heterocycles. The summed E-state index contributed by atoms with van der Waals surface area (Å²) in [4.78, 5) is 12.1. The first-order valence-electron chi connectivity index (χ1n) is 7.40. The van der Waals surface area contributed by atoms with Gasteiger partial charge in [0.05, 0.1) is 6.04 Å². The molecule has 2 aromatic rings. The molecular formula is C15H19N5O2. The molecule has 1 aliphatic heterocycles. The van der Waals surface area contributed by atoms with Gasteiger partial charge in [0.1, 0.15) is 19.0 Å². The van der Waals surface area contributed by atoms with Crippen LogP contribution in [0.15, 0.2) is 30.6 Å². The number of aryl methyl sites for hydroxylation is 1. The van der Waals surface area contributed by atoms with Crippen LogP contribution >= 0.6 is 0 Å². The van der Waals surface area contributed by atoms with Crippen molar-refractivity contribution >= 4 is 5.91 Å². The zero-order chi connectivity index (χ0) is 15.4. The van der Waals surface area contributed by atoms with Gasteiger partial charge in [-0.25, -0.2) is 4.68 Å². The van der Waals surface area contributed by atoms with E-state index in [9.17, 15) is 4.79 Å². The molecule has 2 heterocycles. The van der Waals surface area contributed by atoms with Crippen molar-refractivity contribution in [2.75, 3.05) is 6.61 Å². The van der Waals surface area contributed by atoms with Crippen LogP contribution in [0, 0.1) is 6.92 Å². The van der Waals surface area contributed by atoms with Crippen LogP contribution in [-0.4, -0.2) is 38.8 Å². The van der Waals surface area contributed by atoms with E-state index in [0.29, 0.717) is 0 Å². The first-order valence-corrected chi connectivity index (χ1v) is 7.40. The minimum absolute atomic E-state index is 0.0274. The van der Waals surface area contributed by atoms with Crippen molar-refractivity contribution in [1.82, 2.24) is 25.5 Å². The third-order valence-electron chi connectivity index (χ3n) is 3.77. The standard InChI is InChI=1S/C15H19N5O2/c1-11-4-6-12(7-5-11)15-13(3-2-8-22-15)17-14(21)9-20-10-16-18-19-20/h4-7,10,13,15H,2-3,8-9H2,1H3,(H,17,21)/t13-,15+/m0/s1. The minimum atomic E-state index is -0.111. The van der Waals surface area contributed by atoms with Crippen LogP contribution in [0.2, 0.25) is 0 Å². The Hall–Kier alpha value is -2.28. The summed E-state index contributed by atoms with van der Waals surface area (Å²) in [7, 11) is 0. The van der Waals surface area contributed by atoms with Crippen LogP contribution in [0.1, 0.15) is 30.1 Å². The molecular weight excluding hydrogens is 282 g/mol. The summed E-state index contributed by atoms with van der Waals surface area (Å²) in [5.41, 5.74) is 2.30. The third kappa shape index (κ3) is 3.48. The SMILES string of the molecule is Cc1ccc([C@H]2OCCC[C@@H]2NC(=O)Cn2cnnn2)cc1. The Kier molecular flexibility index (Phi) is 4.43. The van der Waals surface area contributed by atoms with Crippen molar-refractivity contribution in [3.63, 3.8) is 0 Å². The number of hydrogen-bond acceptors (Lipinski definition) is 5. The van der Waals surface area contributed by atoms with Gasteiger partial charge in [-0.2, -0.15) is 0 Å². The fourth-order valence-corrected chi connectivity index (χ4v) is 2.67. The molecule has 1 aromatic carbocycles. The van der Waals surface area contributed by atoms with Crippen LogP contribution < -0.4 is 5.32 Å². The lowest BCUT2D eigenvalue weighted by Gasteiger charge is -2.32. The Morgan fingerprint density at radius 1 is 1.41 bits per heavy atom. The largest absolute Gasteiger partial charge is 0.371 e. The van der Waals surface area contributed by atoms with Crippen molar-refractivity contribution in [2.45, 2.75) is 38.5 Å². The van der Waals surface area contributed by atoms with Gasteiger partial charge in [-0.3, -0.25) is 4.79 Å². The highest BCUT2D eigenvalue weighted by Gasteiger charge is 2.28. The second-order valence-corrected chi connectivity index (χ2v) is 5.53. The number of hydrogen-bond donors (Lipinski definition) is 1. The molecule has 22 heavy (non-hydrogen) atoms. The fourth-order valence-electron chi connectivity index (χ4n) is 2.67. The zero-order valence-corrected chi connectivity index (χ0v) is 12.5. The summed E-state index contributed by atoms with van der Waals surface area (Å²) in [6.45, 7) is 2.89. The molecule has 7 heteroatoms. The van der Waals surface area contributed by atoms with Crippen LogP contribution in [-0.2, 0) is 16.1 Å². The summed E-state index contributed by atoms with van der Waals surface area (Å²) < 4.78 is 7.29. The summed E-state index contributed by atoms with van der Waals surface area (Å²) in [6, 6.07) is 8.22. The second kappa shape index (κ2) is 6.65. The van der Waals surface area contributed by atoms with Crippen molar-refractivity contribution in [2.24, 2.45) is 0 Å². The lowest BCUT2D eigenvalue weighted by atomic mass is 9.95. The van der Waals surface area contributed by atoms with Crippen molar-refractivity contribution in [3.05, 3.63) is 41.7 Å². The summed E-state index contributed by atoms with van der Waals surface area (Å²) >= 11 is 0. The highest BCUT2D eigenvalue weighted by Crippen LogP contribution is 2.28.